The van der Waals surface area contributed by atoms with Crippen molar-refractivity contribution in [2.75, 3.05) is 20.1 Å². The van der Waals surface area contributed by atoms with Crippen LogP contribution in [-0.4, -0.2) is 49.8 Å². The lowest BCUT2D eigenvalue weighted by Crippen LogP contribution is -2.48. The highest BCUT2D eigenvalue weighted by molar-refractivity contribution is 7.89. The van der Waals surface area contributed by atoms with Crippen LogP contribution in [0.3, 0.4) is 0 Å². The minimum absolute atomic E-state index is 0.0377. The van der Waals surface area contributed by atoms with Gasteiger partial charge in [0, 0.05) is 25.5 Å². The number of nitrogens with one attached hydrogen (secondary N) is 1. The lowest BCUT2D eigenvalue weighted by Gasteiger charge is -2.31. The fourth-order valence-electron chi connectivity index (χ4n) is 2.90. The van der Waals surface area contributed by atoms with Crippen molar-refractivity contribution < 1.29 is 13.2 Å². The fourth-order valence-corrected chi connectivity index (χ4v) is 3.99. The summed E-state index contributed by atoms with van der Waals surface area (Å²) < 4.78 is 25.8. The summed E-state index contributed by atoms with van der Waals surface area (Å²) in [5, 5.41) is 2.93. The molecule has 1 aromatic heterocycles. The molecule has 2 rings (SSSR count). The molecular weight excluding hydrogens is 316 g/mol. The summed E-state index contributed by atoms with van der Waals surface area (Å²) >= 11 is 0. The highest BCUT2D eigenvalue weighted by Gasteiger charge is 2.28. The van der Waals surface area contributed by atoms with E-state index >= 15 is 0 Å². The Labute approximate surface area is 137 Å². The zero-order valence-electron chi connectivity index (χ0n) is 13.3. The van der Waals surface area contributed by atoms with Gasteiger partial charge in [-0.15, -0.1) is 0 Å². The maximum atomic E-state index is 12.4. The molecule has 23 heavy (non-hydrogen) atoms. The Balaban J connectivity index is 1.97. The maximum absolute atomic E-state index is 12.4. The van der Waals surface area contributed by atoms with Crippen molar-refractivity contribution in [3.05, 3.63) is 24.5 Å². The number of hydrogen-bond donors (Lipinski definition) is 2. The molecule has 1 fully saturated rings. The van der Waals surface area contributed by atoms with Crippen LogP contribution < -0.4 is 11.1 Å². The Morgan fingerprint density at radius 3 is 2.83 bits per heavy atom. The van der Waals surface area contributed by atoms with Crippen LogP contribution in [0.5, 0.6) is 0 Å². The zero-order valence-corrected chi connectivity index (χ0v) is 14.1. The van der Waals surface area contributed by atoms with Crippen LogP contribution in [0.25, 0.3) is 0 Å². The molecule has 0 spiro atoms. The van der Waals surface area contributed by atoms with Crippen LogP contribution in [0.1, 0.15) is 25.7 Å². The second-order valence-electron chi connectivity index (χ2n) is 5.90. The molecular formula is C15H24N4O3S. The lowest BCUT2D eigenvalue weighted by molar-refractivity contribution is -0.122. The van der Waals surface area contributed by atoms with Gasteiger partial charge >= 0.3 is 0 Å². The third kappa shape index (κ3) is 4.49. The molecule has 128 valence electrons. The van der Waals surface area contributed by atoms with E-state index in [4.69, 9.17) is 5.73 Å². The first-order chi connectivity index (χ1) is 10.9. The third-order valence-corrected chi connectivity index (χ3v) is 6.05. The van der Waals surface area contributed by atoms with Crippen molar-refractivity contribution in [2.24, 2.45) is 11.7 Å². The van der Waals surface area contributed by atoms with E-state index < -0.39 is 10.0 Å². The van der Waals surface area contributed by atoms with Gasteiger partial charge in [0.05, 0.1) is 6.54 Å². The third-order valence-electron chi connectivity index (χ3n) is 4.27. The quantitative estimate of drug-likeness (QED) is 0.777. The van der Waals surface area contributed by atoms with Gasteiger partial charge in [-0.05, 0) is 37.4 Å². The normalized spacial score (nSPS) is 22.0. The van der Waals surface area contributed by atoms with Crippen LogP contribution in [-0.2, 0) is 14.8 Å². The molecule has 1 aliphatic rings. The van der Waals surface area contributed by atoms with E-state index in [9.17, 15) is 13.2 Å². The number of hydrogen-bond acceptors (Lipinski definition) is 5. The number of rotatable bonds is 6. The van der Waals surface area contributed by atoms with Gasteiger partial charge in [0.2, 0.25) is 15.9 Å². The number of aromatic nitrogens is 1. The Kier molecular flexibility index (Phi) is 6.09. The van der Waals surface area contributed by atoms with Crippen molar-refractivity contribution in [2.45, 2.75) is 36.6 Å². The molecule has 1 amide bonds. The Morgan fingerprint density at radius 2 is 2.17 bits per heavy atom. The van der Waals surface area contributed by atoms with Gasteiger partial charge < -0.3 is 11.1 Å². The lowest BCUT2D eigenvalue weighted by atomic mass is 9.84. The minimum Gasteiger partial charge on any atom is -0.352 e. The van der Waals surface area contributed by atoms with E-state index in [1.807, 2.05) is 0 Å². The van der Waals surface area contributed by atoms with Crippen molar-refractivity contribution in [1.29, 1.82) is 0 Å². The number of carbonyl (C=O) groups is 1. The second-order valence-corrected chi connectivity index (χ2v) is 7.95. The van der Waals surface area contributed by atoms with E-state index in [-0.39, 0.29) is 29.3 Å². The Morgan fingerprint density at radius 1 is 1.43 bits per heavy atom. The standard InChI is InChI=1S/C15H24N4O3S/c1-19(23(21,22)13-6-4-8-17-10-13)11-15(20)18-14-7-3-2-5-12(14)9-16/h4,6,8,10,12,14H,2-3,5,7,9,11,16H2,1H3,(H,18,20). The minimum atomic E-state index is -3.71. The number of nitrogens with two attached hydrogens (primary N) is 1. The number of nitrogens with zero attached hydrogens (tertiary/aromatic N) is 2. The monoisotopic (exact) mass is 340 g/mol. The van der Waals surface area contributed by atoms with E-state index in [0.29, 0.717) is 6.54 Å². The maximum Gasteiger partial charge on any atom is 0.244 e. The summed E-state index contributed by atoms with van der Waals surface area (Å²) in [7, 11) is -2.32. The van der Waals surface area contributed by atoms with Gasteiger partial charge in [-0.3, -0.25) is 9.78 Å². The first-order valence-electron chi connectivity index (χ1n) is 7.81. The molecule has 1 saturated carbocycles. The van der Waals surface area contributed by atoms with Gasteiger partial charge in [-0.1, -0.05) is 12.8 Å². The molecule has 0 saturated heterocycles. The molecule has 8 heteroatoms. The van der Waals surface area contributed by atoms with E-state index in [1.165, 1.54) is 25.5 Å². The van der Waals surface area contributed by atoms with Crippen molar-refractivity contribution in [3.63, 3.8) is 0 Å². The highest BCUT2D eigenvalue weighted by atomic mass is 32.2. The molecule has 3 N–H and O–H groups in total. The van der Waals surface area contributed by atoms with Gasteiger partial charge in [0.1, 0.15) is 4.90 Å². The largest absolute Gasteiger partial charge is 0.352 e. The summed E-state index contributed by atoms with van der Waals surface area (Å²) in [6, 6.07) is 3.05. The average molecular weight is 340 g/mol. The van der Waals surface area contributed by atoms with Crippen LogP contribution in [0, 0.1) is 5.92 Å². The molecule has 1 aliphatic carbocycles. The molecule has 1 aromatic rings. The Hall–Kier alpha value is -1.51. The van der Waals surface area contributed by atoms with Gasteiger partial charge in [-0.2, -0.15) is 4.31 Å². The smallest absolute Gasteiger partial charge is 0.244 e. The van der Waals surface area contributed by atoms with Gasteiger partial charge in [0.25, 0.3) is 0 Å². The molecule has 0 radical (unpaired) electrons. The molecule has 0 aliphatic heterocycles. The van der Waals surface area contributed by atoms with Crippen LogP contribution in [0.15, 0.2) is 29.4 Å². The number of pyridine rings is 1. The van der Waals surface area contributed by atoms with E-state index in [0.717, 1.165) is 30.0 Å². The topological polar surface area (TPSA) is 105 Å². The summed E-state index contributed by atoms with van der Waals surface area (Å²) in [5.74, 6) is -0.0294. The molecule has 2 unspecified atom stereocenters. The van der Waals surface area contributed by atoms with Crippen molar-refractivity contribution >= 4 is 15.9 Å². The molecule has 1 heterocycles. The predicted octanol–water partition coefficient (Wildman–Crippen LogP) is 0.336. The zero-order chi connectivity index (χ0) is 16.9. The molecule has 7 nitrogen and oxygen atoms in total. The van der Waals surface area contributed by atoms with E-state index in [1.54, 1.807) is 6.07 Å². The average Bonchev–Trinajstić information content (AvgIpc) is 2.56. The Bertz CT molecular complexity index is 621. The SMILES string of the molecule is CN(CC(=O)NC1CCCCC1CN)S(=O)(=O)c1cccnc1. The number of sulfonamides is 1. The number of carbonyl (C=O) groups excluding carboxylic acids is 1. The van der Waals surface area contributed by atoms with Crippen LogP contribution in [0.2, 0.25) is 0 Å². The van der Waals surface area contributed by atoms with Crippen LogP contribution >= 0.6 is 0 Å². The van der Waals surface area contributed by atoms with Crippen LogP contribution in [0.4, 0.5) is 0 Å². The number of likely N-dealkylation sites (N-methyl/N-ethyl adjacent to an activating group) is 1. The van der Waals surface area contributed by atoms with Gasteiger partial charge in [-0.25, -0.2) is 8.42 Å². The summed E-state index contributed by atoms with van der Waals surface area (Å²) in [6.45, 7) is 0.319. The van der Waals surface area contributed by atoms with E-state index in [2.05, 4.69) is 10.3 Å². The summed E-state index contributed by atoms with van der Waals surface area (Å²) in [5.41, 5.74) is 5.75. The fraction of sp³-hybridized carbons (Fsp3) is 0.600. The van der Waals surface area contributed by atoms with Crippen molar-refractivity contribution in [1.82, 2.24) is 14.6 Å². The molecule has 0 aromatic carbocycles. The predicted molar refractivity (Wildman–Crippen MR) is 87.0 cm³/mol. The molecule has 2 atom stereocenters. The van der Waals surface area contributed by atoms with Crippen molar-refractivity contribution in [3.8, 4) is 0 Å². The highest BCUT2D eigenvalue weighted by Crippen LogP contribution is 2.23. The summed E-state index contributed by atoms with van der Waals surface area (Å²) in [4.78, 5) is 16.1. The summed E-state index contributed by atoms with van der Waals surface area (Å²) in [6.07, 6.45) is 6.86. The first kappa shape index (κ1) is 17.8. The molecule has 0 bridgehead atoms. The van der Waals surface area contributed by atoms with Gasteiger partial charge in [0.15, 0.2) is 0 Å². The number of amides is 1. The second kappa shape index (κ2) is 7.85. The first-order valence-corrected chi connectivity index (χ1v) is 9.25.